The predicted octanol–water partition coefficient (Wildman–Crippen LogP) is -0.744. The fraction of sp³-hybridized carbons (Fsp3) is 0.545. The molecule has 1 aromatic carbocycles. The monoisotopic (exact) mass is 479 g/mol. The number of benzene rings is 1. The van der Waals surface area contributed by atoms with Gasteiger partial charge in [-0.2, -0.15) is 12.6 Å². The van der Waals surface area contributed by atoms with Crippen LogP contribution < -0.4 is 22.1 Å². The van der Waals surface area contributed by atoms with Gasteiger partial charge in [0, 0.05) is 31.3 Å². The van der Waals surface area contributed by atoms with Crippen LogP contribution in [-0.4, -0.2) is 70.2 Å². The molecular formula is C22H33N5O5S. The normalized spacial score (nSPS) is 18.2. The van der Waals surface area contributed by atoms with Crippen LogP contribution in [0, 0.1) is 5.92 Å². The molecule has 2 rings (SSSR count). The highest BCUT2D eigenvalue weighted by Crippen LogP contribution is 2.25. The minimum atomic E-state index is -1.48. The van der Waals surface area contributed by atoms with Crippen LogP contribution in [0.1, 0.15) is 31.4 Å². The third-order valence-electron chi connectivity index (χ3n) is 5.62. The Morgan fingerprint density at radius 3 is 2.39 bits per heavy atom. The summed E-state index contributed by atoms with van der Waals surface area (Å²) in [6, 6.07) is 4.21. The fourth-order valence-corrected chi connectivity index (χ4v) is 3.92. The molecule has 11 heteroatoms. The zero-order valence-electron chi connectivity index (χ0n) is 18.9. The Hall–Kier alpha value is -2.63. The number of fused-ring (bicyclic) bond motifs is 1. The van der Waals surface area contributed by atoms with Crippen LogP contribution in [0.4, 0.5) is 0 Å². The van der Waals surface area contributed by atoms with Crippen molar-refractivity contribution in [2.45, 2.75) is 57.4 Å². The number of primary amides is 1. The zero-order chi connectivity index (χ0) is 24.7. The highest BCUT2D eigenvalue weighted by Gasteiger charge is 2.39. The van der Waals surface area contributed by atoms with Gasteiger partial charge in [-0.1, -0.05) is 38.1 Å². The van der Waals surface area contributed by atoms with Gasteiger partial charge in [0.25, 0.3) is 0 Å². The van der Waals surface area contributed by atoms with Crippen LogP contribution in [0.2, 0.25) is 0 Å². The van der Waals surface area contributed by atoms with Gasteiger partial charge in [0.05, 0.1) is 12.5 Å². The van der Waals surface area contributed by atoms with Crippen molar-refractivity contribution in [1.82, 2.24) is 15.5 Å². The van der Waals surface area contributed by atoms with Gasteiger partial charge >= 0.3 is 5.97 Å². The van der Waals surface area contributed by atoms with E-state index in [4.69, 9.17) is 11.5 Å². The van der Waals surface area contributed by atoms with Gasteiger partial charge in [0.15, 0.2) is 0 Å². The smallest absolute Gasteiger partial charge is 0.326 e. The molecule has 10 nitrogen and oxygen atoms in total. The Kier molecular flexibility index (Phi) is 9.69. The van der Waals surface area contributed by atoms with Crippen LogP contribution in [0.5, 0.6) is 0 Å². The van der Waals surface area contributed by atoms with E-state index >= 15 is 0 Å². The number of carboxylic acids is 1. The molecule has 1 aromatic rings. The SMILES string of the molecule is CC(C)[C@H](NC[C@@H](N)CS)C(=O)N1Cc2ccccc2C[C@H]1C(=O)N[C@@H](CC(N)=O)C(=O)O. The van der Waals surface area contributed by atoms with Crippen molar-refractivity contribution in [3.8, 4) is 0 Å². The third kappa shape index (κ3) is 7.18. The van der Waals surface area contributed by atoms with E-state index in [0.29, 0.717) is 12.3 Å². The largest absolute Gasteiger partial charge is 0.480 e. The maximum absolute atomic E-state index is 13.6. The standard InChI is InChI=1S/C22H33N5O5S/c1-12(2)19(25-9-15(23)11-33)21(30)27-10-14-6-4-3-5-13(14)7-17(27)20(29)26-16(22(31)32)8-18(24)28/h3-6,12,15-17,19,25,33H,7-11,23H2,1-2H3,(H2,24,28)(H,26,29)(H,31,32)/t15-,16+,17+,19+/m1/s1. The van der Waals surface area contributed by atoms with Gasteiger partial charge in [0.1, 0.15) is 12.1 Å². The maximum atomic E-state index is 13.6. The Bertz CT molecular complexity index is 880. The lowest BCUT2D eigenvalue weighted by Crippen LogP contribution is -2.60. The summed E-state index contributed by atoms with van der Waals surface area (Å²) >= 11 is 4.17. The molecule has 7 N–H and O–H groups in total. The molecule has 0 spiro atoms. The number of nitrogens with zero attached hydrogens (tertiary/aromatic N) is 1. The van der Waals surface area contributed by atoms with E-state index in [0.717, 1.165) is 11.1 Å². The third-order valence-corrected chi connectivity index (χ3v) is 6.09. The number of amides is 3. The van der Waals surface area contributed by atoms with Crippen LogP contribution in [-0.2, 0) is 32.1 Å². The van der Waals surface area contributed by atoms with Gasteiger partial charge in [0.2, 0.25) is 17.7 Å². The number of thiol groups is 1. The van der Waals surface area contributed by atoms with Gasteiger partial charge in [-0.05, 0) is 17.0 Å². The van der Waals surface area contributed by atoms with Crippen molar-refractivity contribution in [3.63, 3.8) is 0 Å². The molecule has 0 fully saturated rings. The summed E-state index contributed by atoms with van der Waals surface area (Å²) in [5, 5.41) is 14.9. The number of carbonyl (C=O) groups is 4. The Balaban J connectivity index is 2.32. The number of nitrogens with two attached hydrogens (primary N) is 2. The van der Waals surface area contributed by atoms with E-state index in [1.807, 2.05) is 38.1 Å². The maximum Gasteiger partial charge on any atom is 0.326 e. The molecule has 0 saturated carbocycles. The van der Waals surface area contributed by atoms with E-state index in [1.165, 1.54) is 4.90 Å². The molecular weight excluding hydrogens is 446 g/mol. The molecule has 1 heterocycles. The van der Waals surface area contributed by atoms with E-state index in [-0.39, 0.29) is 30.8 Å². The first-order valence-electron chi connectivity index (χ1n) is 10.8. The molecule has 0 aromatic heterocycles. The van der Waals surface area contributed by atoms with Crippen molar-refractivity contribution in [3.05, 3.63) is 35.4 Å². The molecule has 0 unspecified atom stereocenters. The second-order valence-corrected chi connectivity index (χ2v) is 8.96. The summed E-state index contributed by atoms with van der Waals surface area (Å²) in [5.41, 5.74) is 12.9. The van der Waals surface area contributed by atoms with E-state index in [2.05, 4.69) is 23.3 Å². The number of carboxylic acid groups (broad SMARTS) is 1. The molecule has 1 aliphatic rings. The molecule has 0 saturated heterocycles. The Labute approximate surface area is 198 Å². The first kappa shape index (κ1) is 26.6. The summed E-state index contributed by atoms with van der Waals surface area (Å²) in [7, 11) is 0. The van der Waals surface area contributed by atoms with Crippen molar-refractivity contribution < 1.29 is 24.3 Å². The lowest BCUT2D eigenvalue weighted by Gasteiger charge is -2.39. The average molecular weight is 480 g/mol. The minimum Gasteiger partial charge on any atom is -0.480 e. The molecule has 3 amide bonds. The van der Waals surface area contributed by atoms with Crippen molar-refractivity contribution in [2.75, 3.05) is 12.3 Å². The number of hydrogen-bond acceptors (Lipinski definition) is 7. The molecule has 33 heavy (non-hydrogen) atoms. The lowest BCUT2D eigenvalue weighted by molar-refractivity contribution is -0.147. The Morgan fingerprint density at radius 2 is 1.85 bits per heavy atom. The van der Waals surface area contributed by atoms with Gasteiger partial charge in [-0.25, -0.2) is 4.79 Å². The number of nitrogens with one attached hydrogen (secondary N) is 2. The number of aliphatic carboxylic acids is 1. The molecule has 0 bridgehead atoms. The second kappa shape index (κ2) is 12.0. The Morgan fingerprint density at radius 1 is 1.21 bits per heavy atom. The first-order chi connectivity index (χ1) is 15.5. The van der Waals surface area contributed by atoms with Gasteiger partial charge in [-0.15, -0.1) is 0 Å². The minimum absolute atomic E-state index is 0.0906. The van der Waals surface area contributed by atoms with E-state index in [9.17, 15) is 24.3 Å². The second-order valence-electron chi connectivity index (χ2n) is 8.60. The molecule has 4 atom stereocenters. The molecule has 1 aliphatic heterocycles. The summed E-state index contributed by atoms with van der Waals surface area (Å²) in [6.45, 7) is 4.35. The zero-order valence-corrected chi connectivity index (χ0v) is 19.8. The van der Waals surface area contributed by atoms with Crippen molar-refractivity contribution in [1.29, 1.82) is 0 Å². The van der Waals surface area contributed by atoms with Crippen LogP contribution >= 0.6 is 12.6 Å². The topological polar surface area (TPSA) is 168 Å². The molecule has 0 radical (unpaired) electrons. The van der Waals surface area contributed by atoms with Crippen LogP contribution in [0.25, 0.3) is 0 Å². The van der Waals surface area contributed by atoms with Crippen LogP contribution in [0.15, 0.2) is 24.3 Å². The summed E-state index contributed by atoms with van der Waals surface area (Å²) in [6.07, 6.45) is -0.326. The summed E-state index contributed by atoms with van der Waals surface area (Å²) < 4.78 is 0. The average Bonchev–Trinajstić information content (AvgIpc) is 2.76. The molecule has 182 valence electrons. The van der Waals surface area contributed by atoms with Gasteiger partial charge in [-0.3, -0.25) is 14.4 Å². The van der Waals surface area contributed by atoms with Crippen molar-refractivity contribution in [2.24, 2.45) is 17.4 Å². The lowest BCUT2D eigenvalue weighted by atomic mass is 9.91. The predicted molar refractivity (Wildman–Crippen MR) is 126 cm³/mol. The fourth-order valence-electron chi connectivity index (χ4n) is 3.79. The first-order valence-corrected chi connectivity index (χ1v) is 11.5. The van der Waals surface area contributed by atoms with Gasteiger partial charge < -0.3 is 32.1 Å². The van der Waals surface area contributed by atoms with Crippen LogP contribution in [0.3, 0.4) is 0 Å². The number of rotatable bonds is 11. The number of hydrogen-bond donors (Lipinski definition) is 6. The highest BCUT2D eigenvalue weighted by molar-refractivity contribution is 7.80. The number of carbonyl (C=O) groups excluding carboxylic acids is 3. The summed E-state index contributed by atoms with van der Waals surface area (Å²) in [5.74, 6) is -2.81. The van der Waals surface area contributed by atoms with E-state index in [1.54, 1.807) is 0 Å². The quantitative estimate of drug-likeness (QED) is 0.227. The van der Waals surface area contributed by atoms with Crippen molar-refractivity contribution >= 4 is 36.3 Å². The van der Waals surface area contributed by atoms with E-state index < -0.39 is 42.3 Å². The summed E-state index contributed by atoms with van der Waals surface area (Å²) in [4.78, 5) is 51.0. The highest BCUT2D eigenvalue weighted by atomic mass is 32.1. The molecule has 0 aliphatic carbocycles.